The molecule has 1 saturated carbocycles. The van der Waals surface area contributed by atoms with Crippen LogP contribution in [0, 0.1) is 6.92 Å². The van der Waals surface area contributed by atoms with Crippen molar-refractivity contribution in [3.05, 3.63) is 69.8 Å². The van der Waals surface area contributed by atoms with E-state index in [2.05, 4.69) is 0 Å². The van der Waals surface area contributed by atoms with E-state index in [4.69, 9.17) is 45.9 Å². The molecule has 0 saturated heterocycles. The SMILES string of the molecule is Cc1c(C(O)=S)cc(-c2ccc(Cl)cc2Cl)n1-c1ccc(OCCCF)cc1.NC1CCC(F)(F)CC1. The van der Waals surface area contributed by atoms with Crippen LogP contribution in [0.3, 0.4) is 0 Å². The van der Waals surface area contributed by atoms with Gasteiger partial charge in [-0.25, -0.2) is 8.78 Å². The first kappa shape index (κ1) is 29.3. The van der Waals surface area contributed by atoms with Crippen molar-refractivity contribution in [1.29, 1.82) is 0 Å². The highest BCUT2D eigenvalue weighted by Gasteiger charge is 2.33. The van der Waals surface area contributed by atoms with E-state index < -0.39 is 12.6 Å². The zero-order valence-electron chi connectivity index (χ0n) is 20.3. The van der Waals surface area contributed by atoms with E-state index in [1.54, 1.807) is 18.2 Å². The molecule has 1 heterocycles. The molecule has 0 spiro atoms. The maximum absolute atomic E-state index is 12.3. The number of nitrogens with zero attached hydrogens (tertiary/aromatic N) is 1. The molecule has 0 unspecified atom stereocenters. The average Bonchev–Trinajstić information content (AvgIpc) is 3.19. The summed E-state index contributed by atoms with van der Waals surface area (Å²) >= 11 is 17.4. The maximum atomic E-state index is 12.3. The normalized spacial score (nSPS) is 15.1. The first-order valence-corrected chi connectivity index (χ1v) is 13.0. The summed E-state index contributed by atoms with van der Waals surface area (Å²) < 4.78 is 44.3. The van der Waals surface area contributed by atoms with Crippen LogP contribution < -0.4 is 10.5 Å². The lowest BCUT2D eigenvalue weighted by Crippen LogP contribution is -2.32. The van der Waals surface area contributed by atoms with Crippen LogP contribution >= 0.6 is 35.4 Å². The lowest BCUT2D eigenvalue weighted by molar-refractivity contribution is -0.0375. The standard InChI is InChI=1S/C21H18Cl2FNO2S.C6H11F2N/c1-13-18(21(26)28)12-20(17-8-3-14(22)11-19(17)23)25(13)15-4-6-16(7-5-15)27-10-2-9-24;7-6(8)3-1-5(9)2-4-6/h3-8,11-12H,2,9-10H2,1H3,(H,26,28);5H,1-4,9H2. The number of aliphatic hydroxyl groups is 1. The van der Waals surface area contributed by atoms with E-state index in [0.29, 0.717) is 47.2 Å². The van der Waals surface area contributed by atoms with E-state index in [1.165, 1.54) is 0 Å². The monoisotopic (exact) mass is 572 g/mol. The number of hydrogen-bond acceptors (Lipinski definition) is 3. The fraction of sp³-hybridized carbons (Fsp3) is 0.370. The zero-order chi connectivity index (χ0) is 27.2. The molecule has 1 aromatic heterocycles. The summed E-state index contributed by atoms with van der Waals surface area (Å²) in [7, 11) is 0. The number of ether oxygens (including phenoxy) is 1. The average molecular weight is 574 g/mol. The number of benzene rings is 2. The van der Waals surface area contributed by atoms with Gasteiger partial charge in [-0.1, -0.05) is 23.2 Å². The van der Waals surface area contributed by atoms with Crippen LogP contribution in [0.1, 0.15) is 43.4 Å². The predicted octanol–water partition coefficient (Wildman–Crippen LogP) is 8.25. The van der Waals surface area contributed by atoms with Gasteiger partial charge in [0.2, 0.25) is 5.92 Å². The Morgan fingerprint density at radius 3 is 2.32 bits per heavy atom. The Morgan fingerprint density at radius 1 is 1.14 bits per heavy atom. The molecule has 0 bridgehead atoms. The fourth-order valence-electron chi connectivity index (χ4n) is 4.05. The number of rotatable bonds is 7. The Hall–Kier alpha value is -2.26. The van der Waals surface area contributed by atoms with Crippen LogP contribution in [-0.4, -0.2) is 40.0 Å². The van der Waals surface area contributed by atoms with Crippen molar-refractivity contribution in [2.45, 2.75) is 51.0 Å². The molecule has 0 amide bonds. The summed E-state index contributed by atoms with van der Waals surface area (Å²) in [5, 5.41) is 10.8. The Bertz CT molecular complexity index is 1210. The summed E-state index contributed by atoms with van der Waals surface area (Å²) in [4.78, 5) is 0. The Labute approximate surface area is 230 Å². The lowest BCUT2D eigenvalue weighted by Gasteiger charge is -2.25. The summed E-state index contributed by atoms with van der Waals surface area (Å²) in [6.07, 6.45) is 1.28. The lowest BCUT2D eigenvalue weighted by atomic mass is 9.93. The molecule has 1 aliphatic rings. The minimum absolute atomic E-state index is 0.0182. The zero-order valence-corrected chi connectivity index (χ0v) is 22.7. The minimum Gasteiger partial charge on any atom is -0.498 e. The minimum atomic E-state index is -2.42. The van der Waals surface area contributed by atoms with Crippen molar-refractivity contribution in [3.63, 3.8) is 0 Å². The smallest absolute Gasteiger partial charge is 0.248 e. The molecule has 200 valence electrons. The second-order valence-corrected chi connectivity index (χ2v) is 10.1. The second-order valence-electron chi connectivity index (χ2n) is 8.87. The van der Waals surface area contributed by atoms with Gasteiger partial charge in [-0.2, -0.15) is 0 Å². The topological polar surface area (TPSA) is 60.4 Å². The third-order valence-electron chi connectivity index (χ3n) is 6.09. The van der Waals surface area contributed by atoms with Crippen molar-refractivity contribution >= 4 is 40.5 Å². The predicted molar refractivity (Wildman–Crippen MR) is 148 cm³/mol. The van der Waals surface area contributed by atoms with Crippen molar-refractivity contribution in [3.8, 4) is 22.7 Å². The van der Waals surface area contributed by atoms with Gasteiger partial charge in [-0.3, -0.25) is 4.39 Å². The molecular formula is C27H29Cl2F3N2O2S. The van der Waals surface area contributed by atoms with Gasteiger partial charge in [0.25, 0.3) is 0 Å². The summed E-state index contributed by atoms with van der Waals surface area (Å²) in [5.74, 6) is -1.76. The fourth-order valence-corrected chi connectivity index (χ4v) is 4.76. The van der Waals surface area contributed by atoms with Gasteiger partial charge < -0.3 is 20.1 Å². The Morgan fingerprint density at radius 2 is 1.78 bits per heavy atom. The van der Waals surface area contributed by atoms with Gasteiger partial charge in [0, 0.05) is 52.8 Å². The van der Waals surface area contributed by atoms with Crippen LogP contribution in [0.4, 0.5) is 13.2 Å². The molecule has 2 aromatic carbocycles. The van der Waals surface area contributed by atoms with Gasteiger partial charge in [-0.15, -0.1) is 0 Å². The van der Waals surface area contributed by atoms with Crippen molar-refractivity contribution < 1.29 is 23.0 Å². The molecule has 0 radical (unpaired) electrons. The van der Waals surface area contributed by atoms with Crippen LogP contribution in [0.15, 0.2) is 48.5 Å². The number of aliphatic hydroxyl groups excluding tert-OH is 1. The molecule has 10 heteroatoms. The van der Waals surface area contributed by atoms with Crippen molar-refractivity contribution in [2.75, 3.05) is 13.3 Å². The molecule has 4 rings (SSSR count). The van der Waals surface area contributed by atoms with E-state index in [1.807, 2.05) is 41.8 Å². The molecule has 37 heavy (non-hydrogen) atoms. The molecule has 3 aromatic rings. The number of halogens is 5. The third-order valence-corrected chi connectivity index (χ3v) is 6.86. The van der Waals surface area contributed by atoms with Gasteiger partial charge >= 0.3 is 0 Å². The van der Waals surface area contributed by atoms with E-state index >= 15 is 0 Å². The maximum Gasteiger partial charge on any atom is 0.248 e. The first-order chi connectivity index (χ1) is 17.5. The highest BCUT2D eigenvalue weighted by Crippen LogP contribution is 2.36. The molecule has 3 N–H and O–H groups in total. The van der Waals surface area contributed by atoms with Crippen molar-refractivity contribution in [1.82, 2.24) is 4.57 Å². The van der Waals surface area contributed by atoms with E-state index in [-0.39, 0.29) is 23.9 Å². The Balaban J connectivity index is 0.000000356. The molecule has 1 fully saturated rings. The van der Waals surface area contributed by atoms with E-state index in [0.717, 1.165) is 22.6 Å². The Kier molecular flexibility index (Phi) is 10.3. The number of aromatic nitrogens is 1. The molecule has 1 aliphatic carbocycles. The summed E-state index contributed by atoms with van der Waals surface area (Å²) in [6.45, 7) is 1.79. The molecule has 0 aliphatic heterocycles. The van der Waals surface area contributed by atoms with Crippen LogP contribution in [-0.2, 0) is 0 Å². The van der Waals surface area contributed by atoms with Gasteiger partial charge in [0.1, 0.15) is 5.75 Å². The first-order valence-electron chi connectivity index (χ1n) is 11.9. The molecule has 4 nitrogen and oxygen atoms in total. The molecule has 0 atom stereocenters. The number of nitrogens with two attached hydrogens (primary N) is 1. The number of hydrogen-bond donors (Lipinski definition) is 2. The van der Waals surface area contributed by atoms with Crippen LogP contribution in [0.25, 0.3) is 16.9 Å². The van der Waals surface area contributed by atoms with Crippen LogP contribution in [0.5, 0.6) is 5.75 Å². The second kappa shape index (κ2) is 13.0. The number of thiocarbonyl (C=S) groups is 1. The van der Waals surface area contributed by atoms with Gasteiger partial charge in [-0.05, 0) is 80.5 Å². The highest BCUT2D eigenvalue weighted by atomic mass is 35.5. The highest BCUT2D eigenvalue weighted by molar-refractivity contribution is 7.80. The summed E-state index contributed by atoms with van der Waals surface area (Å²) in [5.41, 5.74) is 9.14. The largest absolute Gasteiger partial charge is 0.498 e. The van der Waals surface area contributed by atoms with Crippen molar-refractivity contribution in [2.24, 2.45) is 5.73 Å². The van der Waals surface area contributed by atoms with Crippen LogP contribution in [0.2, 0.25) is 10.0 Å². The third kappa shape index (κ3) is 7.87. The van der Waals surface area contributed by atoms with E-state index in [9.17, 15) is 18.3 Å². The van der Waals surface area contributed by atoms with Gasteiger partial charge in [0.05, 0.1) is 24.0 Å². The number of alkyl halides is 3. The molecular weight excluding hydrogens is 544 g/mol. The van der Waals surface area contributed by atoms with Gasteiger partial charge in [0.15, 0.2) is 5.05 Å². The summed E-state index contributed by atoms with van der Waals surface area (Å²) in [6, 6.07) is 14.5. The quantitative estimate of drug-likeness (QED) is 0.221.